The molecule has 1 heterocycles. The number of benzene rings is 1. The van der Waals surface area contributed by atoms with Crippen molar-refractivity contribution in [1.29, 1.82) is 0 Å². The van der Waals surface area contributed by atoms with Gasteiger partial charge in [-0.05, 0) is 29.1 Å². The van der Waals surface area contributed by atoms with Crippen molar-refractivity contribution in [2.75, 3.05) is 20.3 Å². The molecular formula is C19H24N2O4S. The fraction of sp³-hybridized carbons (Fsp3) is 0.368. The van der Waals surface area contributed by atoms with Crippen LogP contribution in [0, 0.1) is 0 Å². The summed E-state index contributed by atoms with van der Waals surface area (Å²) in [4.78, 5) is 24.7. The fourth-order valence-electron chi connectivity index (χ4n) is 2.40. The molecule has 0 spiro atoms. The molecular weight excluding hydrogens is 352 g/mol. The van der Waals surface area contributed by atoms with E-state index in [1.54, 1.807) is 7.11 Å². The van der Waals surface area contributed by atoms with Crippen molar-refractivity contribution in [2.24, 2.45) is 0 Å². The average Bonchev–Trinajstić information content (AvgIpc) is 3.14. The van der Waals surface area contributed by atoms with Gasteiger partial charge in [-0.2, -0.15) is 0 Å². The number of hydrogen-bond acceptors (Lipinski definition) is 5. The highest BCUT2D eigenvalue weighted by Gasteiger charge is 2.17. The molecule has 0 fully saturated rings. The number of nitrogens with one attached hydrogen (secondary N) is 2. The summed E-state index contributed by atoms with van der Waals surface area (Å²) in [6.07, 6.45) is 0.199. The second-order valence-electron chi connectivity index (χ2n) is 5.74. The number of amides is 2. The normalized spacial score (nSPS) is 11.6. The Morgan fingerprint density at radius 1 is 1.19 bits per heavy atom. The molecule has 7 heteroatoms. The van der Waals surface area contributed by atoms with Gasteiger partial charge in [0.25, 0.3) is 0 Å². The second-order valence-corrected chi connectivity index (χ2v) is 6.72. The number of rotatable bonds is 10. The van der Waals surface area contributed by atoms with E-state index >= 15 is 0 Å². The van der Waals surface area contributed by atoms with Crippen molar-refractivity contribution in [1.82, 2.24) is 10.6 Å². The average molecular weight is 376 g/mol. The molecule has 0 aliphatic rings. The van der Waals surface area contributed by atoms with Gasteiger partial charge in [0.1, 0.15) is 12.4 Å². The lowest BCUT2D eigenvalue weighted by Crippen LogP contribution is -2.32. The molecule has 1 aromatic carbocycles. The molecule has 0 saturated heterocycles. The van der Waals surface area contributed by atoms with Crippen LogP contribution in [0.25, 0.3) is 0 Å². The lowest BCUT2D eigenvalue weighted by atomic mass is 10.1. The summed E-state index contributed by atoms with van der Waals surface area (Å²) in [6, 6.07) is 11.1. The lowest BCUT2D eigenvalue weighted by Gasteiger charge is -2.16. The Bertz CT molecular complexity index is 703. The monoisotopic (exact) mass is 376 g/mol. The Balaban J connectivity index is 1.87. The van der Waals surface area contributed by atoms with Gasteiger partial charge >= 0.3 is 0 Å². The van der Waals surface area contributed by atoms with Gasteiger partial charge in [-0.25, -0.2) is 0 Å². The summed E-state index contributed by atoms with van der Waals surface area (Å²) in [5, 5.41) is 7.65. The van der Waals surface area contributed by atoms with Crippen LogP contribution in [-0.2, 0) is 20.9 Å². The minimum atomic E-state index is -0.309. The van der Waals surface area contributed by atoms with Crippen LogP contribution < -0.4 is 15.4 Å². The SMILES string of the molecule is COCCOc1cccc(CNC(=O)CC(NC(C)=O)c2cccs2)c1. The lowest BCUT2D eigenvalue weighted by molar-refractivity contribution is -0.122. The standard InChI is InChI=1S/C19H24N2O4S/c1-14(22)21-17(18-7-4-10-26-18)12-19(23)20-13-15-5-3-6-16(11-15)25-9-8-24-2/h3-7,10-11,17H,8-9,12-13H2,1-2H3,(H,20,23)(H,21,22). The van der Waals surface area contributed by atoms with Gasteiger partial charge < -0.3 is 20.1 Å². The van der Waals surface area contributed by atoms with Crippen molar-refractivity contribution in [2.45, 2.75) is 25.9 Å². The Hall–Kier alpha value is -2.38. The third-order valence-electron chi connectivity index (χ3n) is 3.60. The van der Waals surface area contributed by atoms with Crippen LogP contribution in [0.3, 0.4) is 0 Å². The molecule has 0 aliphatic carbocycles. The minimum absolute atomic E-state index is 0.122. The number of carbonyl (C=O) groups is 2. The van der Waals surface area contributed by atoms with E-state index < -0.39 is 0 Å². The second kappa shape index (κ2) is 10.6. The van der Waals surface area contributed by atoms with Crippen molar-refractivity contribution in [3.05, 3.63) is 52.2 Å². The maximum Gasteiger partial charge on any atom is 0.222 e. The molecule has 0 aliphatic heterocycles. The van der Waals surface area contributed by atoms with Gasteiger partial charge in [-0.1, -0.05) is 18.2 Å². The van der Waals surface area contributed by atoms with E-state index in [1.807, 2.05) is 41.8 Å². The molecule has 0 radical (unpaired) electrons. The Morgan fingerprint density at radius 2 is 2.04 bits per heavy atom. The Morgan fingerprint density at radius 3 is 2.73 bits per heavy atom. The van der Waals surface area contributed by atoms with Gasteiger partial charge in [0.2, 0.25) is 11.8 Å². The van der Waals surface area contributed by atoms with Gasteiger partial charge in [-0.15, -0.1) is 11.3 Å². The summed E-state index contributed by atoms with van der Waals surface area (Å²) in [7, 11) is 1.62. The van der Waals surface area contributed by atoms with Gasteiger partial charge in [0.05, 0.1) is 19.1 Å². The first-order chi connectivity index (χ1) is 12.6. The quantitative estimate of drug-likeness (QED) is 0.625. The molecule has 2 rings (SSSR count). The number of hydrogen-bond donors (Lipinski definition) is 2. The van der Waals surface area contributed by atoms with Crippen LogP contribution in [0.15, 0.2) is 41.8 Å². The smallest absolute Gasteiger partial charge is 0.222 e. The van der Waals surface area contributed by atoms with Crippen LogP contribution >= 0.6 is 11.3 Å². The van der Waals surface area contributed by atoms with Crippen LogP contribution in [0.5, 0.6) is 5.75 Å². The summed E-state index contributed by atoms with van der Waals surface area (Å²) in [5.41, 5.74) is 0.945. The molecule has 1 aromatic heterocycles. The molecule has 2 aromatic rings. The number of thiophene rings is 1. The van der Waals surface area contributed by atoms with Crippen LogP contribution in [-0.4, -0.2) is 32.1 Å². The highest BCUT2D eigenvalue weighted by molar-refractivity contribution is 7.10. The maximum absolute atomic E-state index is 12.3. The zero-order valence-electron chi connectivity index (χ0n) is 15.0. The first-order valence-corrected chi connectivity index (χ1v) is 9.24. The van der Waals surface area contributed by atoms with Gasteiger partial charge in [0.15, 0.2) is 0 Å². The molecule has 2 N–H and O–H groups in total. The molecule has 26 heavy (non-hydrogen) atoms. The summed E-state index contributed by atoms with van der Waals surface area (Å²) < 4.78 is 10.5. The zero-order valence-corrected chi connectivity index (χ0v) is 15.8. The zero-order chi connectivity index (χ0) is 18.8. The Labute approximate surface area is 157 Å². The van der Waals surface area contributed by atoms with Crippen molar-refractivity contribution >= 4 is 23.2 Å². The largest absolute Gasteiger partial charge is 0.491 e. The van der Waals surface area contributed by atoms with Gasteiger partial charge in [-0.3, -0.25) is 9.59 Å². The van der Waals surface area contributed by atoms with E-state index in [9.17, 15) is 9.59 Å². The van der Waals surface area contributed by atoms with E-state index in [0.717, 1.165) is 16.2 Å². The van der Waals surface area contributed by atoms with Crippen LogP contribution in [0.1, 0.15) is 29.8 Å². The van der Waals surface area contributed by atoms with E-state index in [-0.39, 0.29) is 24.3 Å². The van der Waals surface area contributed by atoms with Crippen LogP contribution in [0.4, 0.5) is 0 Å². The number of carbonyl (C=O) groups excluding carboxylic acids is 2. The highest BCUT2D eigenvalue weighted by atomic mass is 32.1. The predicted molar refractivity (Wildman–Crippen MR) is 101 cm³/mol. The minimum Gasteiger partial charge on any atom is -0.491 e. The summed E-state index contributed by atoms with van der Waals surface area (Å²) in [5.74, 6) is 0.462. The van der Waals surface area contributed by atoms with Crippen LogP contribution in [0.2, 0.25) is 0 Å². The molecule has 1 atom stereocenters. The molecule has 0 saturated carbocycles. The van der Waals surface area contributed by atoms with Crippen molar-refractivity contribution in [3.63, 3.8) is 0 Å². The Kier molecular flexibility index (Phi) is 8.11. The van der Waals surface area contributed by atoms with Crippen molar-refractivity contribution < 1.29 is 19.1 Å². The van der Waals surface area contributed by atoms with Gasteiger partial charge in [0, 0.05) is 25.5 Å². The maximum atomic E-state index is 12.3. The first-order valence-electron chi connectivity index (χ1n) is 8.36. The molecule has 6 nitrogen and oxygen atoms in total. The molecule has 0 bridgehead atoms. The van der Waals surface area contributed by atoms with E-state index in [2.05, 4.69) is 10.6 Å². The van der Waals surface area contributed by atoms with Crippen molar-refractivity contribution in [3.8, 4) is 5.75 Å². The number of methoxy groups -OCH3 is 1. The fourth-order valence-corrected chi connectivity index (χ4v) is 3.18. The summed E-state index contributed by atoms with van der Waals surface area (Å²) in [6.45, 7) is 2.85. The molecule has 2 amide bonds. The first kappa shape index (κ1) is 19.9. The third kappa shape index (κ3) is 6.85. The predicted octanol–water partition coefficient (Wildman–Crippen LogP) is 2.66. The van der Waals surface area contributed by atoms with E-state index in [0.29, 0.717) is 19.8 Å². The number of ether oxygens (including phenoxy) is 2. The van der Waals surface area contributed by atoms with E-state index in [4.69, 9.17) is 9.47 Å². The third-order valence-corrected chi connectivity index (χ3v) is 4.58. The highest BCUT2D eigenvalue weighted by Crippen LogP contribution is 2.22. The molecule has 140 valence electrons. The van der Waals surface area contributed by atoms with E-state index in [1.165, 1.54) is 18.3 Å². The topological polar surface area (TPSA) is 76.7 Å². The molecule has 1 unspecified atom stereocenters. The summed E-state index contributed by atoms with van der Waals surface area (Å²) >= 11 is 1.52.